The molecule has 0 saturated heterocycles. The van der Waals surface area contributed by atoms with Crippen LogP contribution in [0, 0.1) is 5.82 Å². The molecule has 0 spiro atoms. The van der Waals surface area contributed by atoms with Gasteiger partial charge in [-0.3, -0.25) is 0 Å². The molecular weight excluding hydrogens is 457 g/mol. The third kappa shape index (κ3) is 4.65. The Hall–Kier alpha value is -4.96. The lowest BCUT2D eigenvalue weighted by Gasteiger charge is -2.13. The highest BCUT2D eigenvalue weighted by molar-refractivity contribution is 5.85. The van der Waals surface area contributed by atoms with E-state index in [9.17, 15) is 0 Å². The van der Waals surface area contributed by atoms with E-state index in [0.717, 1.165) is 33.4 Å². The zero-order valence-corrected chi connectivity index (χ0v) is 19.9. The number of hydrogen-bond donors (Lipinski definition) is 0. The smallest absolute Gasteiger partial charge is 0.164 e. The van der Waals surface area contributed by atoms with Crippen LogP contribution in [0.1, 0.15) is 0 Å². The Bertz CT molecular complexity index is 1610. The van der Waals surface area contributed by atoms with Crippen LogP contribution in [0.3, 0.4) is 0 Å². The number of rotatable bonds is 5. The van der Waals surface area contributed by atoms with Crippen molar-refractivity contribution >= 4 is 0 Å². The van der Waals surface area contributed by atoms with Crippen molar-refractivity contribution in [2.75, 3.05) is 0 Å². The molecule has 6 aromatic rings. The van der Waals surface area contributed by atoms with E-state index < -0.39 is 0 Å². The van der Waals surface area contributed by atoms with E-state index in [1.54, 1.807) is 6.07 Å². The average Bonchev–Trinajstić information content (AvgIpc) is 2.98. The summed E-state index contributed by atoms with van der Waals surface area (Å²) in [6.45, 7) is 0. The first-order chi connectivity index (χ1) is 18.3. The molecule has 0 saturated carbocycles. The first-order valence-electron chi connectivity index (χ1n) is 12.1. The van der Waals surface area contributed by atoms with Crippen LogP contribution in [0.4, 0.5) is 4.39 Å². The summed E-state index contributed by atoms with van der Waals surface area (Å²) >= 11 is 0. The first-order valence-corrected chi connectivity index (χ1v) is 12.1. The molecule has 3 nitrogen and oxygen atoms in total. The molecule has 0 fully saturated rings. The normalized spacial score (nSPS) is 10.8. The predicted molar refractivity (Wildman–Crippen MR) is 147 cm³/mol. The fraction of sp³-hybridized carbons (Fsp3) is 0. The molecule has 0 aliphatic heterocycles. The van der Waals surface area contributed by atoms with Gasteiger partial charge in [0, 0.05) is 22.3 Å². The largest absolute Gasteiger partial charge is 0.208 e. The van der Waals surface area contributed by atoms with E-state index in [-0.39, 0.29) is 5.82 Å². The van der Waals surface area contributed by atoms with Crippen LogP contribution in [-0.4, -0.2) is 15.0 Å². The van der Waals surface area contributed by atoms with Crippen molar-refractivity contribution in [1.29, 1.82) is 0 Å². The van der Waals surface area contributed by atoms with E-state index in [1.165, 1.54) is 6.07 Å². The van der Waals surface area contributed by atoms with Crippen LogP contribution in [0.15, 0.2) is 133 Å². The van der Waals surface area contributed by atoms with E-state index in [1.807, 2.05) is 121 Å². The molecule has 6 rings (SSSR count). The van der Waals surface area contributed by atoms with E-state index >= 15 is 4.39 Å². The van der Waals surface area contributed by atoms with Crippen molar-refractivity contribution < 1.29 is 4.39 Å². The summed E-state index contributed by atoms with van der Waals surface area (Å²) in [5.41, 5.74) is 5.77. The minimum Gasteiger partial charge on any atom is -0.208 e. The second kappa shape index (κ2) is 9.96. The molecule has 37 heavy (non-hydrogen) atoms. The van der Waals surface area contributed by atoms with Crippen molar-refractivity contribution in [3.63, 3.8) is 0 Å². The minimum atomic E-state index is -0.257. The summed E-state index contributed by atoms with van der Waals surface area (Å²) in [6, 6.07) is 42.5. The lowest BCUT2D eigenvalue weighted by Crippen LogP contribution is -2.00. The molecule has 176 valence electrons. The summed E-state index contributed by atoms with van der Waals surface area (Å²) in [4.78, 5) is 14.4. The van der Waals surface area contributed by atoms with Gasteiger partial charge in [0.15, 0.2) is 17.5 Å². The minimum absolute atomic E-state index is 0.257. The zero-order chi connectivity index (χ0) is 25.0. The van der Waals surface area contributed by atoms with Gasteiger partial charge in [0.05, 0.1) is 0 Å². The quantitative estimate of drug-likeness (QED) is 0.249. The van der Waals surface area contributed by atoms with Gasteiger partial charge in [-0.05, 0) is 28.8 Å². The third-order valence-electron chi connectivity index (χ3n) is 6.21. The lowest BCUT2D eigenvalue weighted by atomic mass is 9.93. The maximum Gasteiger partial charge on any atom is 0.164 e. The molecule has 0 radical (unpaired) electrons. The Morgan fingerprint density at radius 2 is 0.811 bits per heavy atom. The molecule has 1 heterocycles. The van der Waals surface area contributed by atoms with Crippen molar-refractivity contribution in [2.24, 2.45) is 0 Å². The molecule has 0 aliphatic rings. The van der Waals surface area contributed by atoms with Crippen molar-refractivity contribution in [3.05, 3.63) is 139 Å². The number of nitrogens with zero attached hydrogens (tertiary/aromatic N) is 3. The molecule has 4 heteroatoms. The van der Waals surface area contributed by atoms with E-state index in [2.05, 4.69) is 0 Å². The summed E-state index contributed by atoms with van der Waals surface area (Å²) < 4.78 is 15.1. The van der Waals surface area contributed by atoms with Gasteiger partial charge in [-0.15, -0.1) is 0 Å². The average molecular weight is 480 g/mol. The third-order valence-corrected chi connectivity index (χ3v) is 6.21. The topological polar surface area (TPSA) is 38.7 Å². The molecule has 0 atom stereocenters. The molecule has 0 aliphatic carbocycles. The molecule has 5 aromatic carbocycles. The fourth-order valence-electron chi connectivity index (χ4n) is 4.43. The maximum atomic E-state index is 15.1. The number of benzene rings is 5. The van der Waals surface area contributed by atoms with Crippen LogP contribution in [0.25, 0.3) is 56.4 Å². The van der Waals surface area contributed by atoms with Gasteiger partial charge in [0.25, 0.3) is 0 Å². The molecular formula is C33H22FN3. The van der Waals surface area contributed by atoms with Gasteiger partial charge < -0.3 is 0 Å². The van der Waals surface area contributed by atoms with Crippen molar-refractivity contribution in [1.82, 2.24) is 15.0 Å². The monoisotopic (exact) mass is 479 g/mol. The number of halogens is 1. The highest BCUT2D eigenvalue weighted by Crippen LogP contribution is 2.36. The summed E-state index contributed by atoms with van der Waals surface area (Å²) in [7, 11) is 0. The van der Waals surface area contributed by atoms with E-state index in [4.69, 9.17) is 15.0 Å². The van der Waals surface area contributed by atoms with Gasteiger partial charge in [-0.2, -0.15) is 0 Å². The second-order valence-corrected chi connectivity index (χ2v) is 8.65. The SMILES string of the molecule is Fc1cccc(-c2cccc(-c3nc(-c4ccccc4)nc(-c4ccccc4)n3)c2)c1-c1ccccc1. The van der Waals surface area contributed by atoms with Crippen molar-refractivity contribution in [2.45, 2.75) is 0 Å². The molecule has 0 N–H and O–H groups in total. The van der Waals surface area contributed by atoms with Crippen molar-refractivity contribution in [3.8, 4) is 56.4 Å². The zero-order valence-electron chi connectivity index (χ0n) is 19.9. The molecule has 1 aromatic heterocycles. The molecule has 0 bridgehead atoms. The highest BCUT2D eigenvalue weighted by Gasteiger charge is 2.15. The lowest BCUT2D eigenvalue weighted by molar-refractivity contribution is 0.632. The summed E-state index contributed by atoms with van der Waals surface area (Å²) in [6.07, 6.45) is 0. The van der Waals surface area contributed by atoms with Crippen LogP contribution < -0.4 is 0 Å². The molecule has 0 amide bonds. The predicted octanol–water partition coefficient (Wildman–Crippen LogP) is 8.35. The number of hydrogen-bond acceptors (Lipinski definition) is 3. The maximum absolute atomic E-state index is 15.1. The summed E-state index contributed by atoms with van der Waals surface area (Å²) in [5, 5.41) is 0. The Kier molecular flexibility index (Phi) is 6.05. The van der Waals surface area contributed by atoms with Crippen LogP contribution in [-0.2, 0) is 0 Å². The summed E-state index contributed by atoms with van der Waals surface area (Å²) in [5.74, 6) is 1.51. The standard InChI is InChI=1S/C33H22FN3/c34-29-21-11-20-28(30(29)23-12-4-1-5-13-23)26-18-10-19-27(22-26)33-36-31(24-14-6-2-7-15-24)35-32(37-33)25-16-8-3-9-17-25/h1-22H. The highest BCUT2D eigenvalue weighted by atomic mass is 19.1. The Morgan fingerprint density at radius 3 is 1.38 bits per heavy atom. The Labute approximate surface area is 215 Å². The van der Waals surface area contributed by atoms with Gasteiger partial charge in [-0.25, -0.2) is 19.3 Å². The first kappa shape index (κ1) is 22.5. The van der Waals surface area contributed by atoms with Crippen LogP contribution in [0.5, 0.6) is 0 Å². The second-order valence-electron chi connectivity index (χ2n) is 8.65. The molecule has 0 unspecified atom stereocenters. The number of aromatic nitrogens is 3. The fourth-order valence-corrected chi connectivity index (χ4v) is 4.43. The van der Waals surface area contributed by atoms with Crippen LogP contribution >= 0.6 is 0 Å². The van der Waals surface area contributed by atoms with Gasteiger partial charge >= 0.3 is 0 Å². The Morgan fingerprint density at radius 1 is 0.378 bits per heavy atom. The van der Waals surface area contributed by atoms with Gasteiger partial charge in [-0.1, -0.05) is 121 Å². The van der Waals surface area contributed by atoms with E-state index in [0.29, 0.717) is 23.0 Å². The van der Waals surface area contributed by atoms with Crippen LogP contribution in [0.2, 0.25) is 0 Å². The van der Waals surface area contributed by atoms with Gasteiger partial charge in [0.1, 0.15) is 5.82 Å². The van der Waals surface area contributed by atoms with Gasteiger partial charge in [0.2, 0.25) is 0 Å². The Balaban J connectivity index is 1.51.